The molecule has 4 nitrogen and oxygen atoms in total. The van der Waals surface area contributed by atoms with E-state index in [4.69, 9.17) is 9.15 Å². The molecule has 21 heavy (non-hydrogen) atoms. The number of ether oxygens (including phenoxy) is 1. The van der Waals surface area contributed by atoms with Crippen molar-refractivity contribution in [1.82, 2.24) is 5.32 Å². The normalized spacial score (nSPS) is 13.9. The first-order valence-corrected chi connectivity index (χ1v) is 7.27. The van der Waals surface area contributed by atoms with E-state index in [1.807, 2.05) is 43.3 Å². The number of methoxy groups -OCH3 is 1. The number of nitrogens with one attached hydrogen (secondary N) is 1. The summed E-state index contributed by atoms with van der Waals surface area (Å²) in [6.45, 7) is 4.10. The van der Waals surface area contributed by atoms with Gasteiger partial charge in [-0.05, 0) is 36.8 Å². The number of hydrogen-bond acceptors (Lipinski definition) is 4. The quantitative estimate of drug-likeness (QED) is 0.821. The molecule has 1 heterocycles. The number of aliphatic hydroxyl groups excluding tert-OH is 1. The van der Waals surface area contributed by atoms with Crippen LogP contribution < -0.4 is 10.1 Å². The molecule has 1 aromatic heterocycles. The van der Waals surface area contributed by atoms with E-state index in [2.05, 4.69) is 12.2 Å². The van der Waals surface area contributed by atoms with E-state index in [-0.39, 0.29) is 18.7 Å². The number of benzene rings is 1. The van der Waals surface area contributed by atoms with E-state index >= 15 is 0 Å². The molecule has 2 atom stereocenters. The van der Waals surface area contributed by atoms with Crippen molar-refractivity contribution in [3.63, 3.8) is 0 Å². The van der Waals surface area contributed by atoms with Gasteiger partial charge >= 0.3 is 0 Å². The van der Waals surface area contributed by atoms with E-state index in [9.17, 15) is 5.11 Å². The summed E-state index contributed by atoms with van der Waals surface area (Å²) in [5, 5.41) is 13.0. The van der Waals surface area contributed by atoms with Crippen LogP contribution in [0.25, 0.3) is 0 Å². The lowest BCUT2D eigenvalue weighted by Gasteiger charge is -2.21. The van der Waals surface area contributed by atoms with E-state index in [1.54, 1.807) is 7.11 Å². The second-order valence-corrected chi connectivity index (χ2v) is 5.06. The Kier molecular flexibility index (Phi) is 5.42. The Hall–Kier alpha value is -1.78. The molecule has 0 fully saturated rings. The molecule has 0 aliphatic carbocycles. The van der Waals surface area contributed by atoms with Crippen molar-refractivity contribution in [3.8, 4) is 5.75 Å². The van der Waals surface area contributed by atoms with Gasteiger partial charge in [-0.15, -0.1) is 0 Å². The van der Waals surface area contributed by atoms with Gasteiger partial charge < -0.3 is 14.3 Å². The highest BCUT2D eigenvalue weighted by molar-refractivity contribution is 5.30. The minimum absolute atomic E-state index is 0.0127. The average Bonchev–Trinajstić information content (AvgIpc) is 3.01. The Bertz CT molecular complexity index is 565. The Morgan fingerprint density at radius 2 is 2.10 bits per heavy atom. The van der Waals surface area contributed by atoms with E-state index < -0.39 is 0 Å². The molecular weight excluding hydrogens is 266 g/mol. The van der Waals surface area contributed by atoms with Gasteiger partial charge in [-0.2, -0.15) is 0 Å². The van der Waals surface area contributed by atoms with E-state index in [0.29, 0.717) is 0 Å². The monoisotopic (exact) mass is 289 g/mol. The van der Waals surface area contributed by atoms with Crippen LogP contribution in [-0.4, -0.2) is 18.8 Å². The van der Waals surface area contributed by atoms with Gasteiger partial charge in [0.05, 0.1) is 25.8 Å². The Labute approximate surface area is 125 Å². The maximum Gasteiger partial charge on any atom is 0.120 e. The first-order valence-electron chi connectivity index (χ1n) is 7.27. The molecule has 114 valence electrons. The molecule has 0 radical (unpaired) electrons. The van der Waals surface area contributed by atoms with Gasteiger partial charge in [0.15, 0.2) is 0 Å². The number of aryl methyl sites for hydroxylation is 1. The summed E-state index contributed by atoms with van der Waals surface area (Å²) in [4.78, 5) is 0. The van der Waals surface area contributed by atoms with Crippen molar-refractivity contribution in [2.24, 2.45) is 0 Å². The third kappa shape index (κ3) is 3.86. The van der Waals surface area contributed by atoms with Crippen LogP contribution >= 0.6 is 0 Å². The lowest BCUT2D eigenvalue weighted by Crippen LogP contribution is -2.27. The van der Waals surface area contributed by atoms with Gasteiger partial charge in [-0.25, -0.2) is 0 Å². The van der Waals surface area contributed by atoms with Gasteiger partial charge in [0, 0.05) is 6.42 Å². The fourth-order valence-corrected chi connectivity index (χ4v) is 2.31. The standard InChI is InChI=1S/C17H23NO3/c1-4-14-8-9-17(21-14)12(2)18-16(11-19)13-6-5-7-15(10-13)20-3/h5-10,12,16,18-19H,4,11H2,1-3H3. The number of aliphatic hydroxyl groups is 1. The second-order valence-electron chi connectivity index (χ2n) is 5.06. The zero-order valence-corrected chi connectivity index (χ0v) is 12.8. The maximum absolute atomic E-state index is 9.66. The zero-order valence-electron chi connectivity index (χ0n) is 12.8. The summed E-state index contributed by atoms with van der Waals surface area (Å²) in [7, 11) is 1.64. The number of rotatable bonds is 7. The van der Waals surface area contributed by atoms with Crippen LogP contribution in [-0.2, 0) is 6.42 Å². The van der Waals surface area contributed by atoms with Crippen LogP contribution in [0, 0.1) is 0 Å². The first-order chi connectivity index (χ1) is 10.2. The molecule has 0 aliphatic rings. The van der Waals surface area contributed by atoms with Crippen molar-refractivity contribution < 1.29 is 14.3 Å². The molecule has 2 unspecified atom stereocenters. The molecule has 1 aromatic carbocycles. The molecule has 0 saturated heterocycles. The van der Waals surface area contributed by atoms with Crippen LogP contribution in [0.15, 0.2) is 40.8 Å². The molecule has 2 N–H and O–H groups in total. The number of furan rings is 1. The van der Waals surface area contributed by atoms with Crippen LogP contribution in [0.1, 0.15) is 43.0 Å². The summed E-state index contributed by atoms with van der Waals surface area (Å²) >= 11 is 0. The van der Waals surface area contributed by atoms with Crippen LogP contribution in [0.3, 0.4) is 0 Å². The van der Waals surface area contributed by atoms with Gasteiger partial charge in [0.2, 0.25) is 0 Å². The first kappa shape index (κ1) is 15.6. The Balaban J connectivity index is 2.10. The van der Waals surface area contributed by atoms with Crippen molar-refractivity contribution >= 4 is 0 Å². The van der Waals surface area contributed by atoms with Crippen molar-refractivity contribution in [2.75, 3.05) is 13.7 Å². The van der Waals surface area contributed by atoms with Crippen LogP contribution in [0.2, 0.25) is 0 Å². The minimum Gasteiger partial charge on any atom is -0.497 e. The molecule has 0 amide bonds. The van der Waals surface area contributed by atoms with Crippen LogP contribution in [0.4, 0.5) is 0 Å². The predicted octanol–water partition coefficient (Wildman–Crippen LogP) is 3.23. The summed E-state index contributed by atoms with van der Waals surface area (Å²) in [5.41, 5.74) is 0.992. The van der Waals surface area contributed by atoms with Gasteiger partial charge in [0.25, 0.3) is 0 Å². The molecule has 0 bridgehead atoms. The molecule has 0 aliphatic heterocycles. The highest BCUT2D eigenvalue weighted by Gasteiger charge is 2.17. The molecule has 0 saturated carbocycles. The lowest BCUT2D eigenvalue weighted by molar-refractivity contribution is 0.229. The van der Waals surface area contributed by atoms with Crippen molar-refractivity contribution in [3.05, 3.63) is 53.5 Å². The second kappa shape index (κ2) is 7.29. The third-order valence-corrected chi connectivity index (χ3v) is 3.59. The molecule has 0 spiro atoms. The van der Waals surface area contributed by atoms with Crippen molar-refractivity contribution in [2.45, 2.75) is 32.4 Å². The largest absolute Gasteiger partial charge is 0.497 e. The van der Waals surface area contributed by atoms with E-state index in [1.165, 1.54) is 0 Å². The molecule has 4 heteroatoms. The van der Waals surface area contributed by atoms with Crippen molar-refractivity contribution in [1.29, 1.82) is 0 Å². The van der Waals surface area contributed by atoms with Gasteiger partial charge in [-0.3, -0.25) is 5.32 Å². The fourth-order valence-electron chi connectivity index (χ4n) is 2.31. The predicted molar refractivity (Wildman–Crippen MR) is 82.5 cm³/mol. The minimum atomic E-state index is -0.162. The zero-order chi connectivity index (χ0) is 15.2. The Morgan fingerprint density at radius 3 is 2.71 bits per heavy atom. The summed E-state index contributed by atoms with van der Waals surface area (Å²) in [6, 6.07) is 11.6. The molecular formula is C17H23NO3. The summed E-state index contributed by atoms with van der Waals surface area (Å²) in [6.07, 6.45) is 0.881. The molecule has 2 aromatic rings. The summed E-state index contributed by atoms with van der Waals surface area (Å²) < 4.78 is 11.0. The SMILES string of the molecule is CCc1ccc(C(C)NC(CO)c2cccc(OC)c2)o1. The summed E-state index contributed by atoms with van der Waals surface area (Å²) in [5.74, 6) is 2.64. The third-order valence-electron chi connectivity index (χ3n) is 3.59. The van der Waals surface area contributed by atoms with Gasteiger partial charge in [-0.1, -0.05) is 19.1 Å². The maximum atomic E-state index is 9.66. The highest BCUT2D eigenvalue weighted by Crippen LogP contribution is 2.23. The topological polar surface area (TPSA) is 54.6 Å². The lowest BCUT2D eigenvalue weighted by atomic mass is 10.1. The molecule has 2 rings (SSSR count). The van der Waals surface area contributed by atoms with Crippen LogP contribution in [0.5, 0.6) is 5.75 Å². The highest BCUT2D eigenvalue weighted by atomic mass is 16.5. The Morgan fingerprint density at radius 1 is 1.29 bits per heavy atom. The fraction of sp³-hybridized carbons (Fsp3) is 0.412. The van der Waals surface area contributed by atoms with Gasteiger partial charge in [0.1, 0.15) is 17.3 Å². The number of hydrogen-bond donors (Lipinski definition) is 2. The smallest absolute Gasteiger partial charge is 0.120 e. The van der Waals surface area contributed by atoms with E-state index in [0.717, 1.165) is 29.3 Å². The average molecular weight is 289 g/mol.